The van der Waals surface area contributed by atoms with Crippen molar-refractivity contribution >= 4 is 22.4 Å². The van der Waals surface area contributed by atoms with Crippen molar-refractivity contribution in [3.05, 3.63) is 115 Å². The van der Waals surface area contributed by atoms with E-state index >= 15 is 0 Å². The van der Waals surface area contributed by atoms with Crippen molar-refractivity contribution in [1.29, 1.82) is 0 Å². The van der Waals surface area contributed by atoms with Gasteiger partial charge in [0.15, 0.2) is 0 Å². The van der Waals surface area contributed by atoms with Gasteiger partial charge < -0.3 is 0 Å². The predicted molar refractivity (Wildman–Crippen MR) is 138 cm³/mol. The molecule has 5 aromatic rings. The molecule has 0 fully saturated rings. The SMILES string of the molecule is O=C1c2cccc3c(-c4ccccc4-c4ccc(-c5ccccc5)cc4)ccc(c23)N1CC(F)(F)F. The number of alkyl halides is 3. The molecule has 0 aliphatic carbocycles. The summed E-state index contributed by atoms with van der Waals surface area (Å²) in [5.74, 6) is -0.616. The average Bonchev–Trinajstić information content (AvgIpc) is 3.16. The van der Waals surface area contributed by atoms with E-state index in [2.05, 4.69) is 36.4 Å². The first-order valence-corrected chi connectivity index (χ1v) is 11.6. The van der Waals surface area contributed by atoms with Gasteiger partial charge in [0.05, 0.1) is 5.69 Å². The largest absolute Gasteiger partial charge is 0.406 e. The zero-order valence-electron chi connectivity index (χ0n) is 19.1. The third-order valence-electron chi connectivity index (χ3n) is 6.64. The smallest absolute Gasteiger partial charge is 0.299 e. The first kappa shape index (κ1) is 22.1. The summed E-state index contributed by atoms with van der Waals surface area (Å²) in [5, 5.41) is 1.33. The monoisotopic (exact) mass is 479 g/mol. The van der Waals surface area contributed by atoms with E-state index in [4.69, 9.17) is 0 Å². The number of carbonyl (C=O) groups excluding carboxylic acids is 1. The fraction of sp³-hybridized carbons (Fsp3) is 0.0645. The summed E-state index contributed by atoms with van der Waals surface area (Å²) >= 11 is 0. The number of amides is 1. The van der Waals surface area contributed by atoms with Crippen LogP contribution in [0.25, 0.3) is 44.2 Å². The van der Waals surface area contributed by atoms with E-state index in [0.29, 0.717) is 16.6 Å². The highest BCUT2D eigenvalue weighted by atomic mass is 19.4. The van der Waals surface area contributed by atoms with Crippen LogP contribution in [-0.4, -0.2) is 18.6 Å². The maximum atomic E-state index is 13.2. The molecule has 2 nitrogen and oxygen atoms in total. The molecule has 1 aliphatic heterocycles. The minimum atomic E-state index is -4.48. The molecule has 1 heterocycles. The highest BCUT2D eigenvalue weighted by Crippen LogP contribution is 2.44. The van der Waals surface area contributed by atoms with Gasteiger partial charge in [-0.15, -0.1) is 0 Å². The van der Waals surface area contributed by atoms with Crippen LogP contribution in [0.2, 0.25) is 0 Å². The minimum Gasteiger partial charge on any atom is -0.299 e. The van der Waals surface area contributed by atoms with Crippen LogP contribution in [-0.2, 0) is 0 Å². The van der Waals surface area contributed by atoms with Gasteiger partial charge in [0.2, 0.25) is 0 Å². The van der Waals surface area contributed by atoms with E-state index < -0.39 is 18.6 Å². The fourth-order valence-electron chi connectivity index (χ4n) is 5.06. The number of carbonyl (C=O) groups is 1. The van der Waals surface area contributed by atoms with Crippen molar-refractivity contribution in [2.45, 2.75) is 6.18 Å². The highest BCUT2D eigenvalue weighted by Gasteiger charge is 2.39. The lowest BCUT2D eigenvalue weighted by Gasteiger charge is -2.20. The van der Waals surface area contributed by atoms with Crippen LogP contribution in [0.1, 0.15) is 10.4 Å². The second kappa shape index (κ2) is 8.38. The Bertz CT molecular complexity index is 1610. The quantitative estimate of drug-likeness (QED) is 0.254. The van der Waals surface area contributed by atoms with Gasteiger partial charge in [0.1, 0.15) is 6.54 Å². The maximum absolute atomic E-state index is 13.2. The van der Waals surface area contributed by atoms with Crippen LogP contribution >= 0.6 is 0 Å². The van der Waals surface area contributed by atoms with Crippen LogP contribution in [0.3, 0.4) is 0 Å². The zero-order valence-corrected chi connectivity index (χ0v) is 19.1. The molecule has 176 valence electrons. The van der Waals surface area contributed by atoms with E-state index in [-0.39, 0.29) is 0 Å². The summed E-state index contributed by atoms with van der Waals surface area (Å²) in [6, 6.07) is 35.1. The summed E-state index contributed by atoms with van der Waals surface area (Å²) in [6.07, 6.45) is -4.48. The predicted octanol–water partition coefficient (Wildman–Crippen LogP) is 8.36. The van der Waals surface area contributed by atoms with Gasteiger partial charge in [0.25, 0.3) is 5.91 Å². The molecule has 0 bridgehead atoms. The summed E-state index contributed by atoms with van der Waals surface area (Å²) in [7, 11) is 0. The fourth-order valence-corrected chi connectivity index (χ4v) is 5.06. The van der Waals surface area contributed by atoms with Crippen LogP contribution in [0.4, 0.5) is 18.9 Å². The van der Waals surface area contributed by atoms with Gasteiger partial charge in [-0.25, -0.2) is 0 Å². The lowest BCUT2D eigenvalue weighted by atomic mass is 9.90. The Morgan fingerprint density at radius 2 is 1.17 bits per heavy atom. The molecule has 0 saturated heterocycles. The van der Waals surface area contributed by atoms with Gasteiger partial charge in [-0.05, 0) is 50.9 Å². The minimum absolute atomic E-state index is 0.302. The van der Waals surface area contributed by atoms with Crippen LogP contribution in [0.5, 0.6) is 0 Å². The number of hydrogen-bond donors (Lipinski definition) is 0. The summed E-state index contributed by atoms with van der Waals surface area (Å²) < 4.78 is 39.6. The summed E-state index contributed by atoms with van der Waals surface area (Å²) in [5.41, 5.74) is 6.73. The van der Waals surface area contributed by atoms with Crippen LogP contribution < -0.4 is 4.90 Å². The third kappa shape index (κ3) is 3.73. The van der Waals surface area contributed by atoms with E-state index in [1.165, 1.54) is 0 Å². The zero-order chi connectivity index (χ0) is 24.9. The van der Waals surface area contributed by atoms with Gasteiger partial charge in [-0.2, -0.15) is 13.2 Å². The molecule has 0 unspecified atom stereocenters. The lowest BCUT2D eigenvalue weighted by Crippen LogP contribution is -2.36. The Hall–Kier alpha value is -4.38. The Balaban J connectivity index is 1.47. The van der Waals surface area contributed by atoms with Crippen molar-refractivity contribution in [3.8, 4) is 33.4 Å². The standard InChI is InChI=1S/C31H20F3NO/c32-31(33,34)19-35-28-18-17-25(26-11-6-12-27(29(26)28)30(35)36)24-10-5-4-9-23(24)22-15-13-21(14-16-22)20-7-2-1-3-8-20/h1-18H,19H2. The number of nitrogens with zero attached hydrogens (tertiary/aromatic N) is 1. The summed E-state index contributed by atoms with van der Waals surface area (Å²) in [4.78, 5) is 13.7. The molecule has 0 atom stereocenters. The topological polar surface area (TPSA) is 20.3 Å². The molecule has 36 heavy (non-hydrogen) atoms. The molecule has 5 heteroatoms. The van der Waals surface area contributed by atoms with Gasteiger partial charge >= 0.3 is 6.18 Å². The molecule has 0 aromatic heterocycles. The van der Waals surface area contributed by atoms with Crippen molar-refractivity contribution in [2.75, 3.05) is 11.4 Å². The Morgan fingerprint density at radius 3 is 1.89 bits per heavy atom. The second-order valence-corrected chi connectivity index (χ2v) is 8.86. The molecule has 1 aliphatic rings. The van der Waals surface area contributed by atoms with Crippen molar-refractivity contribution < 1.29 is 18.0 Å². The number of benzene rings is 5. The molecular weight excluding hydrogens is 459 g/mol. The van der Waals surface area contributed by atoms with Crippen LogP contribution in [0.15, 0.2) is 109 Å². The normalized spacial score (nSPS) is 13.0. The van der Waals surface area contributed by atoms with Gasteiger partial charge in [-0.1, -0.05) is 97.1 Å². The lowest BCUT2D eigenvalue weighted by molar-refractivity contribution is -0.118. The average molecular weight is 480 g/mol. The molecular formula is C31H20F3NO. The Morgan fingerprint density at radius 1 is 0.556 bits per heavy atom. The van der Waals surface area contributed by atoms with E-state index in [1.54, 1.807) is 18.2 Å². The first-order valence-electron chi connectivity index (χ1n) is 11.6. The first-order chi connectivity index (χ1) is 17.4. The second-order valence-electron chi connectivity index (χ2n) is 8.86. The number of hydrogen-bond acceptors (Lipinski definition) is 1. The Labute approximate surface area is 206 Å². The van der Waals surface area contributed by atoms with Gasteiger partial charge in [0, 0.05) is 10.9 Å². The molecule has 6 rings (SSSR count). The van der Waals surface area contributed by atoms with Crippen molar-refractivity contribution in [2.24, 2.45) is 0 Å². The molecule has 0 spiro atoms. The van der Waals surface area contributed by atoms with Crippen molar-refractivity contribution in [3.63, 3.8) is 0 Å². The number of rotatable bonds is 4. The molecule has 1 amide bonds. The van der Waals surface area contributed by atoms with Crippen molar-refractivity contribution in [1.82, 2.24) is 0 Å². The van der Waals surface area contributed by atoms with E-state index in [0.717, 1.165) is 43.7 Å². The molecule has 0 saturated carbocycles. The van der Waals surface area contributed by atoms with Crippen LogP contribution in [0, 0.1) is 0 Å². The molecule has 5 aromatic carbocycles. The maximum Gasteiger partial charge on any atom is 0.406 e. The van der Waals surface area contributed by atoms with E-state index in [1.807, 2.05) is 54.6 Å². The highest BCUT2D eigenvalue weighted by molar-refractivity contribution is 6.27. The number of halogens is 3. The summed E-state index contributed by atoms with van der Waals surface area (Å²) in [6.45, 7) is -1.31. The molecule has 0 N–H and O–H groups in total. The molecule has 0 radical (unpaired) electrons. The van der Waals surface area contributed by atoms with Gasteiger partial charge in [-0.3, -0.25) is 9.69 Å². The third-order valence-corrected chi connectivity index (χ3v) is 6.64. The number of anilines is 1. The Kier molecular flexibility index (Phi) is 5.15. The van der Waals surface area contributed by atoms with E-state index in [9.17, 15) is 18.0 Å².